The maximum Gasteiger partial charge on any atom is 0.293 e. The Morgan fingerprint density at radius 1 is 0.974 bits per heavy atom. The van der Waals surface area contributed by atoms with E-state index in [1.807, 2.05) is 30.3 Å². The predicted octanol–water partition coefficient (Wildman–Crippen LogP) is 4.12. The smallest absolute Gasteiger partial charge is 0.293 e. The number of carbonyl (C=O) groups is 4. The molecule has 5 rings (SSSR count). The lowest BCUT2D eigenvalue weighted by atomic mass is 9.92. The minimum absolute atomic E-state index is 0.0340. The lowest BCUT2D eigenvalue weighted by Gasteiger charge is -2.36. The fraction of sp³-hybridized carbons (Fsp3) is 0.200. The van der Waals surface area contributed by atoms with E-state index in [0.29, 0.717) is 29.2 Å². The molecule has 0 spiro atoms. The Balaban J connectivity index is 1.24. The first kappa shape index (κ1) is 26.2. The van der Waals surface area contributed by atoms with Crippen LogP contribution in [-0.2, 0) is 22.6 Å². The van der Waals surface area contributed by atoms with Crippen LogP contribution in [0.1, 0.15) is 27.0 Å². The van der Waals surface area contributed by atoms with E-state index in [1.165, 1.54) is 0 Å². The van der Waals surface area contributed by atoms with Gasteiger partial charge in [-0.2, -0.15) is 0 Å². The van der Waals surface area contributed by atoms with Gasteiger partial charge in [-0.25, -0.2) is 0 Å². The van der Waals surface area contributed by atoms with Crippen LogP contribution in [0.4, 0.5) is 4.79 Å². The van der Waals surface area contributed by atoms with Crippen LogP contribution in [0.15, 0.2) is 83.8 Å². The third kappa shape index (κ3) is 5.73. The summed E-state index contributed by atoms with van der Waals surface area (Å²) in [6.07, 6.45) is 2.04. The number of rotatable bonds is 7. The molecule has 2 aliphatic rings. The monoisotopic (exact) mass is 541 g/mol. The van der Waals surface area contributed by atoms with E-state index in [9.17, 15) is 19.2 Å². The molecule has 0 radical (unpaired) electrons. The van der Waals surface area contributed by atoms with E-state index in [0.717, 1.165) is 33.4 Å². The zero-order valence-corrected chi connectivity index (χ0v) is 22.1. The molecule has 198 valence electrons. The van der Waals surface area contributed by atoms with Crippen molar-refractivity contribution in [1.29, 1.82) is 0 Å². The van der Waals surface area contributed by atoms with E-state index in [4.69, 9.17) is 4.74 Å². The number of hydrogen-bond donors (Lipinski definition) is 1. The maximum absolute atomic E-state index is 13.3. The average Bonchev–Trinajstić information content (AvgIpc) is 3.24. The normalized spacial score (nSPS) is 17.8. The van der Waals surface area contributed by atoms with Gasteiger partial charge in [0.15, 0.2) is 0 Å². The molecule has 39 heavy (non-hydrogen) atoms. The summed E-state index contributed by atoms with van der Waals surface area (Å²) in [4.78, 5) is 55.1. The number of hydrogen-bond acceptors (Lipinski definition) is 6. The Labute approximate surface area is 230 Å². The number of nitrogens with one attached hydrogen (secondary N) is 1. The van der Waals surface area contributed by atoms with Crippen molar-refractivity contribution in [2.24, 2.45) is 0 Å². The Kier molecular flexibility index (Phi) is 7.79. The molecule has 1 fully saturated rings. The topological polar surface area (TPSA) is 96.0 Å². The second-order valence-corrected chi connectivity index (χ2v) is 10.2. The summed E-state index contributed by atoms with van der Waals surface area (Å²) >= 11 is 0.869. The first-order chi connectivity index (χ1) is 18.9. The fourth-order valence-corrected chi connectivity index (χ4v) is 5.54. The zero-order chi connectivity index (χ0) is 27.4. The van der Waals surface area contributed by atoms with E-state index < -0.39 is 11.9 Å². The van der Waals surface area contributed by atoms with Crippen LogP contribution in [0.2, 0.25) is 0 Å². The highest BCUT2D eigenvalue weighted by molar-refractivity contribution is 8.18. The number of thioether (sulfide) groups is 1. The molecule has 0 aromatic heterocycles. The summed E-state index contributed by atoms with van der Waals surface area (Å²) < 4.78 is 5.15. The third-order valence-electron chi connectivity index (χ3n) is 6.75. The number of methoxy groups -OCH3 is 1. The molecule has 0 bridgehead atoms. The molecule has 2 aliphatic heterocycles. The van der Waals surface area contributed by atoms with Crippen molar-refractivity contribution < 1.29 is 23.9 Å². The quantitative estimate of drug-likeness (QED) is 0.452. The maximum atomic E-state index is 13.3. The number of benzene rings is 3. The van der Waals surface area contributed by atoms with Crippen molar-refractivity contribution in [3.63, 3.8) is 0 Å². The standard InChI is InChI=1S/C30H27N3O5S/c1-38-24-13-11-20(12-14-24)17-26-29(36)32(30(37)39-26)16-15-31-27(34)25-18-22-9-5-6-10-23(22)19-33(25)28(35)21-7-3-2-4-8-21/h2-14,17,25H,15-16,18-19H2,1H3,(H,31,34)/b26-17+/t25-/m1/s1. The first-order valence-corrected chi connectivity index (χ1v) is 13.4. The minimum Gasteiger partial charge on any atom is -0.497 e. The van der Waals surface area contributed by atoms with E-state index >= 15 is 0 Å². The van der Waals surface area contributed by atoms with Gasteiger partial charge < -0.3 is 15.0 Å². The second-order valence-electron chi connectivity index (χ2n) is 9.19. The van der Waals surface area contributed by atoms with Crippen LogP contribution in [0.25, 0.3) is 6.08 Å². The highest BCUT2D eigenvalue weighted by Gasteiger charge is 2.37. The largest absolute Gasteiger partial charge is 0.497 e. The first-order valence-electron chi connectivity index (χ1n) is 12.5. The Morgan fingerprint density at radius 3 is 2.38 bits per heavy atom. The summed E-state index contributed by atoms with van der Waals surface area (Å²) in [7, 11) is 1.57. The molecule has 0 aliphatic carbocycles. The Morgan fingerprint density at radius 2 is 1.67 bits per heavy atom. The predicted molar refractivity (Wildman–Crippen MR) is 149 cm³/mol. The molecule has 4 amide bonds. The van der Waals surface area contributed by atoms with Gasteiger partial charge in [0.1, 0.15) is 11.8 Å². The number of fused-ring (bicyclic) bond motifs is 1. The van der Waals surface area contributed by atoms with Crippen molar-refractivity contribution in [2.75, 3.05) is 20.2 Å². The van der Waals surface area contributed by atoms with Crippen molar-refractivity contribution >= 4 is 40.8 Å². The van der Waals surface area contributed by atoms with Crippen LogP contribution < -0.4 is 10.1 Å². The molecule has 0 unspecified atom stereocenters. The zero-order valence-electron chi connectivity index (χ0n) is 21.3. The van der Waals surface area contributed by atoms with Crippen molar-refractivity contribution in [1.82, 2.24) is 15.1 Å². The Hall–Kier alpha value is -4.37. The molecule has 2 heterocycles. The number of amides is 4. The van der Waals surface area contributed by atoms with Gasteiger partial charge in [0.2, 0.25) is 5.91 Å². The fourth-order valence-electron chi connectivity index (χ4n) is 4.67. The molecule has 3 aromatic carbocycles. The summed E-state index contributed by atoms with van der Waals surface area (Å²) in [6.45, 7) is 0.436. The van der Waals surface area contributed by atoms with Crippen LogP contribution in [0.3, 0.4) is 0 Å². The van der Waals surface area contributed by atoms with Crippen LogP contribution in [0.5, 0.6) is 5.75 Å². The van der Waals surface area contributed by atoms with E-state index in [1.54, 1.807) is 66.6 Å². The summed E-state index contributed by atoms with van der Waals surface area (Å²) in [5, 5.41) is 2.46. The van der Waals surface area contributed by atoms with E-state index in [2.05, 4.69) is 5.32 Å². The average molecular weight is 542 g/mol. The molecule has 3 aromatic rings. The minimum atomic E-state index is -0.711. The highest BCUT2D eigenvalue weighted by Crippen LogP contribution is 2.32. The summed E-state index contributed by atoms with van der Waals surface area (Å²) in [6, 6.07) is 23.1. The third-order valence-corrected chi connectivity index (χ3v) is 7.66. The summed E-state index contributed by atoms with van der Waals surface area (Å²) in [5.74, 6) is -0.251. The molecule has 8 nitrogen and oxygen atoms in total. The molecule has 1 atom stereocenters. The molecule has 1 N–H and O–H groups in total. The van der Waals surface area contributed by atoms with Gasteiger partial charge in [-0.05, 0) is 58.8 Å². The van der Waals surface area contributed by atoms with Gasteiger partial charge in [-0.15, -0.1) is 0 Å². The van der Waals surface area contributed by atoms with Crippen molar-refractivity contribution in [3.05, 3.63) is 106 Å². The SMILES string of the molecule is COc1ccc(/C=C2/SC(=O)N(CCNC(=O)[C@H]3Cc4ccccc4CN3C(=O)c3ccccc3)C2=O)cc1. The van der Waals surface area contributed by atoms with Crippen molar-refractivity contribution in [2.45, 2.75) is 19.0 Å². The lowest BCUT2D eigenvalue weighted by Crippen LogP contribution is -2.53. The Bertz CT molecular complexity index is 1440. The van der Waals surface area contributed by atoms with Gasteiger partial charge in [-0.1, -0.05) is 54.6 Å². The van der Waals surface area contributed by atoms with Gasteiger partial charge in [-0.3, -0.25) is 24.1 Å². The molecular weight excluding hydrogens is 514 g/mol. The molecular formula is C30H27N3O5S. The van der Waals surface area contributed by atoms with E-state index in [-0.39, 0.29) is 30.1 Å². The van der Waals surface area contributed by atoms with Gasteiger partial charge >= 0.3 is 0 Å². The molecule has 1 saturated heterocycles. The van der Waals surface area contributed by atoms with Crippen molar-refractivity contribution in [3.8, 4) is 5.75 Å². The lowest BCUT2D eigenvalue weighted by molar-refractivity contribution is -0.127. The molecule has 0 saturated carbocycles. The number of nitrogens with zero attached hydrogens (tertiary/aromatic N) is 2. The van der Waals surface area contributed by atoms with Crippen LogP contribution in [-0.4, -0.2) is 59.0 Å². The van der Waals surface area contributed by atoms with Gasteiger partial charge in [0.05, 0.1) is 12.0 Å². The van der Waals surface area contributed by atoms with Gasteiger partial charge in [0, 0.05) is 31.6 Å². The van der Waals surface area contributed by atoms with Crippen LogP contribution in [0, 0.1) is 0 Å². The number of ether oxygens (including phenoxy) is 1. The highest BCUT2D eigenvalue weighted by atomic mass is 32.2. The van der Waals surface area contributed by atoms with Gasteiger partial charge in [0.25, 0.3) is 17.1 Å². The second kappa shape index (κ2) is 11.6. The van der Waals surface area contributed by atoms with Crippen LogP contribution >= 0.6 is 11.8 Å². The number of carbonyl (C=O) groups excluding carboxylic acids is 4. The summed E-state index contributed by atoms with van der Waals surface area (Å²) in [5.41, 5.74) is 3.31. The molecule has 9 heteroatoms. The number of imide groups is 1.